The minimum absolute atomic E-state index is 0.0346. The first-order valence-electron chi connectivity index (χ1n) is 8.83. The zero-order valence-electron chi connectivity index (χ0n) is 16.0. The molecule has 0 bridgehead atoms. The molecule has 6 nitrogen and oxygen atoms in total. The number of carbonyl (C=O) groups excluding carboxylic acids is 2. The van der Waals surface area contributed by atoms with Crippen LogP contribution in [-0.2, 0) is 4.79 Å². The fourth-order valence-corrected chi connectivity index (χ4v) is 3.20. The van der Waals surface area contributed by atoms with E-state index in [1.165, 1.54) is 0 Å². The molecule has 0 unspecified atom stereocenters. The Labute approximate surface area is 159 Å². The maximum atomic E-state index is 12.5. The van der Waals surface area contributed by atoms with Crippen LogP contribution in [0.5, 0.6) is 11.5 Å². The Balaban J connectivity index is 1.72. The summed E-state index contributed by atoms with van der Waals surface area (Å²) in [5.41, 5.74) is 3.54. The zero-order valence-corrected chi connectivity index (χ0v) is 16.0. The van der Waals surface area contributed by atoms with E-state index in [0.717, 1.165) is 16.8 Å². The topological polar surface area (TPSA) is 67.9 Å². The van der Waals surface area contributed by atoms with Crippen molar-refractivity contribution in [3.8, 4) is 11.5 Å². The van der Waals surface area contributed by atoms with Crippen LogP contribution in [0.25, 0.3) is 0 Å². The number of rotatable bonds is 5. The summed E-state index contributed by atoms with van der Waals surface area (Å²) >= 11 is 0. The van der Waals surface area contributed by atoms with Crippen molar-refractivity contribution in [2.45, 2.75) is 26.3 Å². The third-order valence-corrected chi connectivity index (χ3v) is 4.91. The van der Waals surface area contributed by atoms with Crippen LogP contribution < -0.4 is 19.7 Å². The van der Waals surface area contributed by atoms with Gasteiger partial charge in [0.1, 0.15) is 0 Å². The van der Waals surface area contributed by atoms with E-state index in [2.05, 4.69) is 5.32 Å². The molecule has 0 aromatic heterocycles. The molecule has 2 aromatic rings. The second-order valence-electron chi connectivity index (χ2n) is 6.72. The molecule has 142 valence electrons. The van der Waals surface area contributed by atoms with Crippen molar-refractivity contribution < 1.29 is 19.1 Å². The number of hydrogen-bond acceptors (Lipinski definition) is 4. The van der Waals surface area contributed by atoms with Crippen LogP contribution >= 0.6 is 0 Å². The fraction of sp³-hybridized carbons (Fsp3) is 0.333. The quantitative estimate of drug-likeness (QED) is 0.881. The van der Waals surface area contributed by atoms with Crippen LogP contribution in [0.1, 0.15) is 27.9 Å². The predicted molar refractivity (Wildman–Crippen MR) is 104 cm³/mol. The summed E-state index contributed by atoms with van der Waals surface area (Å²) in [7, 11) is 3.12. The highest BCUT2D eigenvalue weighted by molar-refractivity contribution is 5.99. The van der Waals surface area contributed by atoms with Gasteiger partial charge in [-0.1, -0.05) is 6.07 Å². The molecule has 1 saturated heterocycles. The van der Waals surface area contributed by atoms with E-state index >= 15 is 0 Å². The summed E-state index contributed by atoms with van der Waals surface area (Å²) in [4.78, 5) is 26.6. The molecule has 1 atom stereocenters. The maximum absolute atomic E-state index is 12.5. The minimum atomic E-state index is -0.236. The van der Waals surface area contributed by atoms with E-state index < -0.39 is 0 Å². The summed E-state index contributed by atoms with van der Waals surface area (Å²) in [6, 6.07) is 10.7. The first-order chi connectivity index (χ1) is 12.9. The number of hydrogen-bond donors (Lipinski definition) is 1. The van der Waals surface area contributed by atoms with Gasteiger partial charge in [0.25, 0.3) is 5.91 Å². The Bertz CT molecular complexity index is 878. The highest BCUT2D eigenvalue weighted by atomic mass is 16.5. The van der Waals surface area contributed by atoms with Crippen LogP contribution in [0.15, 0.2) is 36.4 Å². The molecule has 1 N–H and O–H groups in total. The van der Waals surface area contributed by atoms with Crippen LogP contribution in [-0.4, -0.2) is 38.6 Å². The minimum Gasteiger partial charge on any atom is -0.493 e. The highest BCUT2D eigenvalue weighted by Gasteiger charge is 2.32. The Morgan fingerprint density at radius 3 is 2.44 bits per heavy atom. The van der Waals surface area contributed by atoms with E-state index in [1.54, 1.807) is 37.3 Å². The fourth-order valence-electron chi connectivity index (χ4n) is 3.20. The molecule has 0 spiro atoms. The molecule has 1 aliphatic rings. The van der Waals surface area contributed by atoms with E-state index in [0.29, 0.717) is 23.6 Å². The van der Waals surface area contributed by atoms with Gasteiger partial charge in [-0.2, -0.15) is 0 Å². The molecule has 1 aliphatic heterocycles. The molecule has 0 aliphatic carbocycles. The lowest BCUT2D eigenvalue weighted by Gasteiger charge is -2.19. The van der Waals surface area contributed by atoms with Crippen molar-refractivity contribution >= 4 is 17.5 Å². The van der Waals surface area contributed by atoms with Crippen molar-refractivity contribution in [2.24, 2.45) is 0 Å². The predicted octanol–water partition coefficient (Wildman–Crippen LogP) is 2.86. The van der Waals surface area contributed by atoms with E-state index in [1.807, 2.05) is 32.0 Å². The summed E-state index contributed by atoms with van der Waals surface area (Å²) in [6.45, 7) is 4.41. The highest BCUT2D eigenvalue weighted by Crippen LogP contribution is 2.33. The Hall–Kier alpha value is -3.02. The number of nitrogens with zero attached hydrogens (tertiary/aromatic N) is 1. The maximum Gasteiger partial charge on any atom is 0.251 e. The number of methoxy groups -OCH3 is 2. The Morgan fingerprint density at radius 2 is 1.78 bits per heavy atom. The Kier molecular flexibility index (Phi) is 5.35. The Morgan fingerprint density at radius 1 is 1.04 bits per heavy atom. The standard InChI is InChI=1S/C21H24N2O4/c1-13-5-6-15(9-14(13)2)21(25)22-16-10-20(24)23(12-16)17-7-8-18(26-3)19(11-17)27-4/h5-9,11,16H,10,12H2,1-4H3,(H,22,25)/t16-/m0/s1. The van der Waals surface area contributed by atoms with Gasteiger partial charge in [-0.15, -0.1) is 0 Å². The van der Waals surface area contributed by atoms with Gasteiger partial charge in [0.15, 0.2) is 11.5 Å². The van der Waals surface area contributed by atoms with Crippen LogP contribution in [0.3, 0.4) is 0 Å². The number of anilines is 1. The molecule has 1 fully saturated rings. The van der Waals surface area contributed by atoms with Gasteiger partial charge in [0.05, 0.1) is 20.3 Å². The number of carbonyl (C=O) groups is 2. The molecule has 2 aromatic carbocycles. The van der Waals surface area contributed by atoms with Crippen LogP contribution in [0.4, 0.5) is 5.69 Å². The average Bonchev–Trinajstić information content (AvgIpc) is 3.03. The average molecular weight is 368 g/mol. The molecule has 6 heteroatoms. The van der Waals surface area contributed by atoms with E-state index in [-0.39, 0.29) is 24.3 Å². The van der Waals surface area contributed by atoms with Gasteiger partial charge in [0.2, 0.25) is 5.91 Å². The second kappa shape index (κ2) is 7.70. The summed E-state index contributed by atoms with van der Waals surface area (Å²) < 4.78 is 10.5. The van der Waals surface area contributed by atoms with E-state index in [4.69, 9.17) is 9.47 Å². The lowest BCUT2D eigenvalue weighted by Crippen LogP contribution is -2.37. The molecule has 3 rings (SSSR count). The monoisotopic (exact) mass is 368 g/mol. The van der Waals surface area contributed by atoms with Crippen LogP contribution in [0.2, 0.25) is 0 Å². The third kappa shape index (κ3) is 3.89. The van der Waals surface area contributed by atoms with Crippen LogP contribution in [0, 0.1) is 13.8 Å². The van der Waals surface area contributed by atoms with Crippen molar-refractivity contribution in [1.29, 1.82) is 0 Å². The first kappa shape index (κ1) is 18.8. The summed E-state index contributed by atoms with van der Waals surface area (Å²) in [5.74, 6) is 0.968. The molecule has 2 amide bonds. The molecule has 0 radical (unpaired) electrons. The van der Waals surface area contributed by atoms with Gasteiger partial charge >= 0.3 is 0 Å². The van der Waals surface area contributed by atoms with Gasteiger partial charge in [-0.05, 0) is 49.2 Å². The number of aryl methyl sites for hydroxylation is 2. The van der Waals surface area contributed by atoms with Crippen molar-refractivity contribution in [3.05, 3.63) is 53.1 Å². The van der Waals surface area contributed by atoms with Gasteiger partial charge in [-0.25, -0.2) is 0 Å². The van der Waals surface area contributed by atoms with Gasteiger partial charge in [0, 0.05) is 30.3 Å². The number of ether oxygens (including phenoxy) is 2. The molecule has 0 saturated carbocycles. The van der Waals surface area contributed by atoms with Gasteiger partial charge in [-0.3, -0.25) is 9.59 Å². The number of benzene rings is 2. The van der Waals surface area contributed by atoms with E-state index in [9.17, 15) is 9.59 Å². The molecular formula is C21H24N2O4. The molecule has 27 heavy (non-hydrogen) atoms. The van der Waals surface area contributed by atoms with Crippen molar-refractivity contribution in [1.82, 2.24) is 5.32 Å². The first-order valence-corrected chi connectivity index (χ1v) is 8.83. The number of nitrogens with one attached hydrogen (secondary N) is 1. The smallest absolute Gasteiger partial charge is 0.251 e. The lowest BCUT2D eigenvalue weighted by molar-refractivity contribution is -0.117. The second-order valence-corrected chi connectivity index (χ2v) is 6.72. The number of amides is 2. The zero-order chi connectivity index (χ0) is 19.6. The third-order valence-electron chi connectivity index (χ3n) is 4.91. The lowest BCUT2D eigenvalue weighted by atomic mass is 10.1. The van der Waals surface area contributed by atoms with Crippen molar-refractivity contribution in [3.63, 3.8) is 0 Å². The SMILES string of the molecule is COc1ccc(N2C[C@@H](NC(=O)c3ccc(C)c(C)c3)CC2=O)cc1OC. The summed E-state index contributed by atoms with van der Waals surface area (Å²) in [5, 5.41) is 2.97. The molecule has 1 heterocycles. The van der Waals surface area contributed by atoms with Crippen molar-refractivity contribution in [2.75, 3.05) is 25.7 Å². The largest absolute Gasteiger partial charge is 0.493 e. The van der Waals surface area contributed by atoms with Gasteiger partial charge < -0.3 is 19.7 Å². The summed E-state index contributed by atoms with van der Waals surface area (Å²) in [6.07, 6.45) is 0.269. The molecular weight excluding hydrogens is 344 g/mol. The normalized spacial score (nSPS) is 16.4.